The molecule has 0 saturated carbocycles. The van der Waals surface area contributed by atoms with Gasteiger partial charge in [0.05, 0.1) is 4.90 Å². The molecule has 1 aromatic carbocycles. The summed E-state index contributed by atoms with van der Waals surface area (Å²) < 4.78 is 19.8. The first-order valence-corrected chi connectivity index (χ1v) is 5.84. The van der Waals surface area contributed by atoms with Crippen LogP contribution in [0.2, 0.25) is 0 Å². The second-order valence-electron chi connectivity index (χ2n) is 3.44. The summed E-state index contributed by atoms with van der Waals surface area (Å²) in [4.78, 5) is 2.73. The molecule has 1 N–H and O–H groups in total. The van der Waals surface area contributed by atoms with Gasteiger partial charge >= 0.3 is 18.9 Å². The van der Waals surface area contributed by atoms with E-state index in [1.807, 2.05) is 12.1 Å². The second kappa shape index (κ2) is 5.71. The van der Waals surface area contributed by atoms with Gasteiger partial charge in [0.1, 0.15) is 0 Å². The first-order valence-electron chi connectivity index (χ1n) is 4.73. The molecule has 0 amide bonds. The van der Waals surface area contributed by atoms with Crippen LogP contribution in [0.5, 0.6) is 0 Å². The summed E-state index contributed by atoms with van der Waals surface area (Å²) in [6, 6.07) is 7.29. The van der Waals surface area contributed by atoms with E-state index >= 15 is 0 Å². The molecular weight excluding hydrogens is 205 g/mol. The Morgan fingerprint density at radius 1 is 1.33 bits per heavy atom. The van der Waals surface area contributed by atoms with E-state index < -0.39 is 11.1 Å². The van der Waals surface area contributed by atoms with E-state index in [9.17, 15) is 4.21 Å². The van der Waals surface area contributed by atoms with Gasteiger partial charge in [-0.25, -0.2) is 4.21 Å². The summed E-state index contributed by atoms with van der Waals surface area (Å²) in [6.45, 7) is 2.11. The summed E-state index contributed by atoms with van der Waals surface area (Å²) >= 11 is -1.87. The van der Waals surface area contributed by atoms with Gasteiger partial charge in [0.2, 0.25) is 0 Å². The SMILES string of the molecule is O=S(O)c1cccc(N2CCCC2)c1.[H-].[Li+]. The Bertz CT molecular complexity index is 358. The molecule has 0 radical (unpaired) electrons. The van der Waals surface area contributed by atoms with E-state index in [2.05, 4.69) is 4.90 Å². The molecule has 3 nitrogen and oxygen atoms in total. The fraction of sp³-hybridized carbons (Fsp3) is 0.400. The number of hydrogen-bond acceptors (Lipinski definition) is 2. The third-order valence-corrected chi connectivity index (χ3v) is 3.15. The Labute approximate surface area is 106 Å². The van der Waals surface area contributed by atoms with Crippen molar-refractivity contribution in [2.24, 2.45) is 0 Å². The van der Waals surface area contributed by atoms with Gasteiger partial charge in [0.15, 0.2) is 11.1 Å². The molecule has 0 aliphatic carbocycles. The Hall–Kier alpha value is -0.273. The van der Waals surface area contributed by atoms with Crippen molar-refractivity contribution < 1.29 is 29.0 Å². The zero-order chi connectivity index (χ0) is 9.97. The van der Waals surface area contributed by atoms with E-state index in [1.54, 1.807) is 12.1 Å². The van der Waals surface area contributed by atoms with Crippen molar-refractivity contribution in [1.29, 1.82) is 0 Å². The van der Waals surface area contributed by atoms with Crippen LogP contribution in [-0.4, -0.2) is 21.9 Å². The van der Waals surface area contributed by atoms with Crippen molar-refractivity contribution in [2.75, 3.05) is 18.0 Å². The number of nitrogens with zero attached hydrogens (tertiary/aromatic N) is 1. The van der Waals surface area contributed by atoms with Gasteiger partial charge in [-0.15, -0.1) is 0 Å². The fourth-order valence-electron chi connectivity index (χ4n) is 1.76. The van der Waals surface area contributed by atoms with Crippen LogP contribution in [0.25, 0.3) is 0 Å². The van der Waals surface area contributed by atoms with Crippen molar-refractivity contribution in [3.05, 3.63) is 24.3 Å². The standard InChI is InChI=1S/C10H13NO2S.Li.H/c12-14(13)10-5-3-4-9(8-10)11-6-1-2-7-11;;/h3-5,8H,1-2,6-7H2,(H,12,13);;/q;+1;-1. The quantitative estimate of drug-likeness (QED) is 0.511. The normalized spacial score (nSPS) is 17.3. The topological polar surface area (TPSA) is 40.5 Å². The zero-order valence-corrected chi connectivity index (χ0v) is 9.67. The molecule has 0 aromatic heterocycles. The number of benzene rings is 1. The van der Waals surface area contributed by atoms with Crippen molar-refractivity contribution in [2.45, 2.75) is 17.7 Å². The molecule has 1 unspecified atom stereocenters. The van der Waals surface area contributed by atoms with E-state index in [-0.39, 0.29) is 20.3 Å². The third kappa shape index (κ3) is 3.09. The van der Waals surface area contributed by atoms with Crippen molar-refractivity contribution in [3.8, 4) is 0 Å². The van der Waals surface area contributed by atoms with Crippen LogP contribution in [-0.2, 0) is 11.1 Å². The monoisotopic (exact) mass is 219 g/mol. The maximum absolute atomic E-state index is 10.9. The molecule has 0 bridgehead atoms. The van der Waals surface area contributed by atoms with Gasteiger partial charge in [0.25, 0.3) is 0 Å². The minimum atomic E-state index is -1.87. The van der Waals surface area contributed by atoms with Crippen molar-refractivity contribution >= 4 is 16.8 Å². The predicted molar refractivity (Wildman–Crippen MR) is 58.0 cm³/mol. The molecule has 1 aromatic rings. The molecule has 15 heavy (non-hydrogen) atoms. The van der Waals surface area contributed by atoms with Gasteiger partial charge in [-0.1, -0.05) is 6.07 Å². The first kappa shape index (κ1) is 12.8. The molecule has 1 saturated heterocycles. The van der Waals surface area contributed by atoms with Crippen LogP contribution in [0.3, 0.4) is 0 Å². The molecule has 0 spiro atoms. The second-order valence-corrected chi connectivity index (χ2v) is 4.41. The Kier molecular flexibility index (Phi) is 4.87. The van der Waals surface area contributed by atoms with Gasteiger partial charge in [-0.05, 0) is 31.0 Å². The summed E-state index contributed by atoms with van der Waals surface area (Å²) in [5.41, 5.74) is 1.06. The molecule has 1 fully saturated rings. The number of anilines is 1. The molecule has 1 atom stereocenters. The number of rotatable bonds is 2. The molecule has 1 aliphatic rings. The van der Waals surface area contributed by atoms with Gasteiger partial charge < -0.3 is 10.9 Å². The molecule has 1 heterocycles. The van der Waals surface area contributed by atoms with Crippen LogP contribution in [0.15, 0.2) is 29.2 Å². The number of hydrogen-bond donors (Lipinski definition) is 1. The Morgan fingerprint density at radius 2 is 2.00 bits per heavy atom. The van der Waals surface area contributed by atoms with Crippen LogP contribution >= 0.6 is 0 Å². The van der Waals surface area contributed by atoms with Crippen LogP contribution in [0, 0.1) is 0 Å². The Morgan fingerprint density at radius 3 is 2.60 bits per heavy atom. The molecule has 1 aliphatic heterocycles. The van der Waals surface area contributed by atoms with Gasteiger partial charge in [-0.3, -0.25) is 0 Å². The minimum Gasteiger partial charge on any atom is -1.00 e. The fourth-order valence-corrected chi connectivity index (χ4v) is 2.18. The summed E-state index contributed by atoms with van der Waals surface area (Å²) in [5.74, 6) is 0. The van der Waals surface area contributed by atoms with E-state index in [0.29, 0.717) is 4.90 Å². The van der Waals surface area contributed by atoms with Gasteiger partial charge in [-0.2, -0.15) is 0 Å². The van der Waals surface area contributed by atoms with E-state index in [1.165, 1.54) is 12.8 Å². The summed E-state index contributed by atoms with van der Waals surface area (Å²) in [5, 5.41) is 0. The molecule has 78 valence electrons. The van der Waals surface area contributed by atoms with Crippen LogP contribution in [0.4, 0.5) is 5.69 Å². The smallest absolute Gasteiger partial charge is 1.00 e. The Balaban J connectivity index is 0.00000112. The van der Waals surface area contributed by atoms with Crippen LogP contribution < -0.4 is 23.8 Å². The molecule has 5 heteroatoms. The zero-order valence-electron chi connectivity index (χ0n) is 9.85. The molecular formula is C10H14LiNO2S. The minimum absolute atomic E-state index is 0. The summed E-state index contributed by atoms with van der Waals surface area (Å²) in [7, 11) is 0. The molecule has 2 rings (SSSR count). The average Bonchev–Trinajstić information content (AvgIpc) is 2.71. The summed E-state index contributed by atoms with van der Waals surface area (Å²) in [6.07, 6.45) is 2.43. The average molecular weight is 219 g/mol. The largest absolute Gasteiger partial charge is 1.00 e. The van der Waals surface area contributed by atoms with Gasteiger partial charge in [0, 0.05) is 18.8 Å². The van der Waals surface area contributed by atoms with Crippen molar-refractivity contribution in [1.82, 2.24) is 0 Å². The third-order valence-electron chi connectivity index (χ3n) is 2.49. The van der Waals surface area contributed by atoms with Crippen molar-refractivity contribution in [3.63, 3.8) is 0 Å². The maximum atomic E-state index is 10.9. The van der Waals surface area contributed by atoms with Crippen LogP contribution in [0.1, 0.15) is 14.3 Å². The maximum Gasteiger partial charge on any atom is 1.00 e. The first-order chi connectivity index (χ1) is 6.77. The van der Waals surface area contributed by atoms with E-state index in [0.717, 1.165) is 18.8 Å². The van der Waals surface area contributed by atoms with E-state index in [4.69, 9.17) is 4.55 Å². The predicted octanol–water partition coefficient (Wildman–Crippen LogP) is -1.02.